The first-order chi connectivity index (χ1) is 10.8. The molecule has 3 rings (SSSR count). The molecule has 2 heterocycles. The number of aromatic nitrogens is 4. The third-order valence-corrected chi connectivity index (χ3v) is 4.91. The van der Waals surface area contributed by atoms with Crippen molar-refractivity contribution in [2.75, 3.05) is 11.9 Å². The predicted molar refractivity (Wildman–Crippen MR) is 88.1 cm³/mol. The average molecular weight is 333 g/mol. The molecule has 0 amide bonds. The second-order valence-electron chi connectivity index (χ2n) is 4.52. The molecule has 6 nitrogen and oxygen atoms in total. The summed E-state index contributed by atoms with van der Waals surface area (Å²) in [4.78, 5) is 4.44. The van der Waals surface area contributed by atoms with Gasteiger partial charge in [-0.3, -0.25) is 0 Å². The Morgan fingerprint density at radius 1 is 1.27 bits per heavy atom. The number of rotatable bonds is 6. The van der Waals surface area contributed by atoms with E-state index in [1.165, 1.54) is 11.3 Å². The fourth-order valence-corrected chi connectivity index (χ4v) is 3.52. The van der Waals surface area contributed by atoms with Gasteiger partial charge in [0.05, 0.1) is 5.75 Å². The summed E-state index contributed by atoms with van der Waals surface area (Å²) in [7, 11) is 0. The minimum atomic E-state index is 0.583. The molecule has 0 fully saturated rings. The number of hydrogen-bond donors (Lipinski definition) is 1. The molecule has 0 saturated carbocycles. The first-order valence-electron chi connectivity index (χ1n) is 6.85. The summed E-state index contributed by atoms with van der Waals surface area (Å²) < 4.78 is 6.19. The van der Waals surface area contributed by atoms with Gasteiger partial charge in [-0.2, -0.15) is 4.98 Å². The van der Waals surface area contributed by atoms with Crippen LogP contribution in [0.1, 0.15) is 18.4 Å². The molecule has 114 valence electrons. The molecule has 0 atom stereocenters. The van der Waals surface area contributed by atoms with Gasteiger partial charge in [0.1, 0.15) is 0 Å². The third-order valence-electron chi connectivity index (χ3n) is 2.91. The summed E-state index contributed by atoms with van der Waals surface area (Å²) >= 11 is 3.06. The van der Waals surface area contributed by atoms with Crippen molar-refractivity contribution in [3.63, 3.8) is 0 Å². The van der Waals surface area contributed by atoms with Crippen molar-refractivity contribution in [2.24, 2.45) is 0 Å². The van der Waals surface area contributed by atoms with Crippen LogP contribution in [0.15, 0.2) is 33.1 Å². The molecule has 2 aromatic heterocycles. The van der Waals surface area contributed by atoms with Crippen molar-refractivity contribution in [2.45, 2.75) is 23.9 Å². The quantitative estimate of drug-likeness (QED) is 0.690. The standard InChI is InChI=1S/C14H15N5OS2/c1-3-15-13-17-18-14(22-13)21-8-11-16-12(19-20-11)10-7-5-4-6-9(10)2/h4-7H,3,8H2,1-2H3,(H,15,17). The summed E-state index contributed by atoms with van der Waals surface area (Å²) in [5.74, 6) is 1.79. The van der Waals surface area contributed by atoms with E-state index in [-0.39, 0.29) is 0 Å². The molecule has 1 aromatic carbocycles. The van der Waals surface area contributed by atoms with E-state index in [2.05, 4.69) is 25.7 Å². The molecular weight excluding hydrogens is 318 g/mol. The van der Waals surface area contributed by atoms with E-state index in [9.17, 15) is 0 Å². The number of benzene rings is 1. The molecule has 0 bridgehead atoms. The van der Waals surface area contributed by atoms with Gasteiger partial charge in [0.25, 0.3) is 0 Å². The zero-order valence-electron chi connectivity index (χ0n) is 12.2. The van der Waals surface area contributed by atoms with Crippen LogP contribution in [0.5, 0.6) is 0 Å². The summed E-state index contributed by atoms with van der Waals surface area (Å²) in [6.45, 7) is 4.89. The SMILES string of the molecule is CCNc1nnc(SCc2nc(-c3ccccc3C)no2)s1. The number of nitrogens with zero attached hydrogens (tertiary/aromatic N) is 4. The van der Waals surface area contributed by atoms with Gasteiger partial charge in [-0.05, 0) is 19.4 Å². The highest BCUT2D eigenvalue weighted by Gasteiger charge is 2.12. The van der Waals surface area contributed by atoms with Crippen LogP contribution in [0, 0.1) is 6.92 Å². The maximum atomic E-state index is 5.31. The van der Waals surface area contributed by atoms with Crippen molar-refractivity contribution in [1.29, 1.82) is 0 Å². The van der Waals surface area contributed by atoms with Crippen LogP contribution < -0.4 is 5.32 Å². The topological polar surface area (TPSA) is 76.7 Å². The highest BCUT2D eigenvalue weighted by atomic mass is 32.2. The van der Waals surface area contributed by atoms with Gasteiger partial charge in [0.2, 0.25) is 16.8 Å². The van der Waals surface area contributed by atoms with E-state index in [0.29, 0.717) is 17.5 Å². The van der Waals surface area contributed by atoms with E-state index in [0.717, 1.165) is 27.1 Å². The van der Waals surface area contributed by atoms with Crippen LogP contribution in [-0.4, -0.2) is 26.9 Å². The molecule has 1 N–H and O–H groups in total. The van der Waals surface area contributed by atoms with E-state index >= 15 is 0 Å². The zero-order chi connectivity index (χ0) is 15.4. The van der Waals surface area contributed by atoms with Gasteiger partial charge in [0.15, 0.2) is 4.34 Å². The molecule has 0 unspecified atom stereocenters. The molecule has 0 saturated heterocycles. The molecule has 0 spiro atoms. The van der Waals surface area contributed by atoms with E-state index in [1.807, 2.05) is 38.1 Å². The predicted octanol–water partition coefficient (Wildman–Crippen LogP) is 3.62. The Morgan fingerprint density at radius 3 is 2.95 bits per heavy atom. The molecule has 0 aliphatic rings. The lowest BCUT2D eigenvalue weighted by molar-refractivity contribution is 0.391. The number of thioether (sulfide) groups is 1. The summed E-state index contributed by atoms with van der Waals surface area (Å²) in [5.41, 5.74) is 2.12. The first kappa shape index (κ1) is 15.0. The van der Waals surface area contributed by atoms with Crippen molar-refractivity contribution in [3.8, 4) is 11.4 Å². The Hall–Kier alpha value is -1.93. The number of hydrogen-bond acceptors (Lipinski definition) is 8. The lowest BCUT2D eigenvalue weighted by atomic mass is 10.1. The minimum Gasteiger partial charge on any atom is -0.360 e. The zero-order valence-corrected chi connectivity index (χ0v) is 13.9. The summed E-state index contributed by atoms with van der Waals surface area (Å²) in [6, 6.07) is 7.98. The Labute approximate surface area is 136 Å². The molecule has 8 heteroatoms. The molecule has 0 aliphatic carbocycles. The summed E-state index contributed by atoms with van der Waals surface area (Å²) in [5, 5.41) is 16.2. The average Bonchev–Trinajstić information content (AvgIpc) is 3.15. The largest absolute Gasteiger partial charge is 0.360 e. The molecule has 22 heavy (non-hydrogen) atoms. The number of nitrogens with one attached hydrogen (secondary N) is 1. The Balaban J connectivity index is 1.65. The van der Waals surface area contributed by atoms with Gasteiger partial charge in [-0.1, -0.05) is 52.5 Å². The Morgan fingerprint density at radius 2 is 2.14 bits per heavy atom. The van der Waals surface area contributed by atoms with Crippen LogP contribution >= 0.6 is 23.1 Å². The van der Waals surface area contributed by atoms with Gasteiger partial charge in [-0.15, -0.1) is 10.2 Å². The highest BCUT2D eigenvalue weighted by Crippen LogP contribution is 2.28. The second-order valence-corrected chi connectivity index (χ2v) is 6.72. The van der Waals surface area contributed by atoms with Crippen LogP contribution in [0.4, 0.5) is 5.13 Å². The normalized spacial score (nSPS) is 10.8. The monoisotopic (exact) mass is 333 g/mol. The smallest absolute Gasteiger partial charge is 0.237 e. The fourth-order valence-electron chi connectivity index (χ4n) is 1.86. The highest BCUT2D eigenvalue weighted by molar-refractivity contribution is 8.00. The van der Waals surface area contributed by atoms with E-state index < -0.39 is 0 Å². The first-order valence-corrected chi connectivity index (χ1v) is 8.65. The fraction of sp³-hybridized carbons (Fsp3) is 0.286. The van der Waals surface area contributed by atoms with Crippen LogP contribution in [-0.2, 0) is 5.75 Å². The minimum absolute atomic E-state index is 0.583. The van der Waals surface area contributed by atoms with E-state index in [4.69, 9.17) is 4.52 Å². The second kappa shape index (κ2) is 6.89. The van der Waals surface area contributed by atoms with E-state index in [1.54, 1.807) is 11.8 Å². The lowest BCUT2D eigenvalue weighted by Crippen LogP contribution is -1.94. The van der Waals surface area contributed by atoms with Crippen LogP contribution in [0.2, 0.25) is 0 Å². The Bertz CT molecular complexity index is 755. The molecule has 0 radical (unpaired) electrons. The maximum Gasteiger partial charge on any atom is 0.237 e. The number of aryl methyl sites for hydroxylation is 1. The van der Waals surface area contributed by atoms with Crippen LogP contribution in [0.3, 0.4) is 0 Å². The molecular formula is C14H15N5OS2. The van der Waals surface area contributed by atoms with Gasteiger partial charge < -0.3 is 9.84 Å². The summed E-state index contributed by atoms with van der Waals surface area (Å²) in [6.07, 6.45) is 0. The van der Waals surface area contributed by atoms with Gasteiger partial charge in [0, 0.05) is 12.1 Å². The lowest BCUT2D eigenvalue weighted by Gasteiger charge is -1.97. The van der Waals surface area contributed by atoms with Crippen molar-refractivity contribution >= 4 is 28.2 Å². The van der Waals surface area contributed by atoms with Crippen molar-refractivity contribution < 1.29 is 4.52 Å². The number of anilines is 1. The van der Waals surface area contributed by atoms with Crippen molar-refractivity contribution in [3.05, 3.63) is 35.7 Å². The van der Waals surface area contributed by atoms with Crippen LogP contribution in [0.25, 0.3) is 11.4 Å². The van der Waals surface area contributed by atoms with Gasteiger partial charge >= 0.3 is 0 Å². The maximum absolute atomic E-state index is 5.31. The van der Waals surface area contributed by atoms with Crippen molar-refractivity contribution in [1.82, 2.24) is 20.3 Å². The van der Waals surface area contributed by atoms with Gasteiger partial charge in [-0.25, -0.2) is 0 Å². The molecule has 3 aromatic rings. The molecule has 0 aliphatic heterocycles. The Kier molecular flexibility index (Phi) is 4.69. The third kappa shape index (κ3) is 3.45.